The highest BCUT2D eigenvalue weighted by molar-refractivity contribution is 5.92. The lowest BCUT2D eigenvalue weighted by molar-refractivity contribution is -0.130. The Morgan fingerprint density at radius 2 is 1.62 bits per heavy atom. The third kappa shape index (κ3) is 6.16. The fraction of sp³-hybridized carbons (Fsp3) is 0.417. The molecule has 5 heteroatoms. The van der Waals surface area contributed by atoms with Gasteiger partial charge in [-0.25, -0.2) is 0 Å². The maximum atomic E-state index is 12.4. The SMILES string of the molecule is CC(=O)N(Cc1ccc(NC(=O)C2CCCCC2)cc1)Cc1cccc(CN)c1. The topological polar surface area (TPSA) is 75.4 Å². The smallest absolute Gasteiger partial charge is 0.227 e. The highest BCUT2D eigenvalue weighted by Crippen LogP contribution is 2.25. The second-order valence-electron chi connectivity index (χ2n) is 7.92. The standard InChI is InChI=1S/C24H31N3O2/c1-18(28)27(17-21-7-5-6-20(14-21)15-25)16-19-10-12-23(13-11-19)26-24(29)22-8-3-2-4-9-22/h5-7,10-14,22H,2-4,8-9,15-17,25H2,1H3,(H,26,29). The molecular formula is C24H31N3O2. The maximum absolute atomic E-state index is 12.4. The molecule has 2 aromatic carbocycles. The number of carbonyl (C=O) groups excluding carboxylic acids is 2. The predicted molar refractivity (Wildman–Crippen MR) is 116 cm³/mol. The van der Waals surface area contributed by atoms with Crippen molar-refractivity contribution in [3.8, 4) is 0 Å². The third-order valence-corrected chi connectivity index (χ3v) is 5.62. The van der Waals surface area contributed by atoms with E-state index in [-0.39, 0.29) is 17.7 Å². The van der Waals surface area contributed by atoms with Crippen molar-refractivity contribution in [2.75, 3.05) is 5.32 Å². The monoisotopic (exact) mass is 393 g/mol. The molecule has 154 valence electrons. The maximum Gasteiger partial charge on any atom is 0.227 e. The molecule has 3 N–H and O–H groups in total. The second kappa shape index (κ2) is 10.2. The molecule has 0 unspecified atom stereocenters. The first-order chi connectivity index (χ1) is 14.0. The van der Waals surface area contributed by atoms with Crippen LogP contribution in [-0.4, -0.2) is 16.7 Å². The van der Waals surface area contributed by atoms with Crippen LogP contribution in [0.15, 0.2) is 48.5 Å². The van der Waals surface area contributed by atoms with Gasteiger partial charge in [-0.2, -0.15) is 0 Å². The van der Waals surface area contributed by atoms with Gasteiger partial charge >= 0.3 is 0 Å². The van der Waals surface area contributed by atoms with Gasteiger partial charge in [-0.3, -0.25) is 9.59 Å². The summed E-state index contributed by atoms with van der Waals surface area (Å²) in [6.45, 7) is 3.15. The summed E-state index contributed by atoms with van der Waals surface area (Å²) in [5.74, 6) is 0.293. The summed E-state index contributed by atoms with van der Waals surface area (Å²) >= 11 is 0. The minimum absolute atomic E-state index is 0.0258. The van der Waals surface area contributed by atoms with E-state index in [0.29, 0.717) is 19.6 Å². The molecule has 29 heavy (non-hydrogen) atoms. The van der Waals surface area contributed by atoms with Crippen molar-refractivity contribution in [1.29, 1.82) is 0 Å². The van der Waals surface area contributed by atoms with Crippen molar-refractivity contribution in [3.05, 3.63) is 65.2 Å². The van der Waals surface area contributed by atoms with Crippen LogP contribution in [0.25, 0.3) is 0 Å². The molecule has 1 aliphatic carbocycles. The Kier molecular flexibility index (Phi) is 7.42. The third-order valence-electron chi connectivity index (χ3n) is 5.62. The summed E-state index contributed by atoms with van der Waals surface area (Å²) in [6.07, 6.45) is 5.51. The van der Waals surface area contributed by atoms with E-state index in [0.717, 1.165) is 48.1 Å². The average Bonchev–Trinajstić information content (AvgIpc) is 2.75. The number of hydrogen-bond donors (Lipinski definition) is 2. The van der Waals surface area contributed by atoms with Crippen molar-refractivity contribution in [3.63, 3.8) is 0 Å². The number of nitrogens with zero attached hydrogens (tertiary/aromatic N) is 1. The lowest BCUT2D eigenvalue weighted by Gasteiger charge is -2.22. The van der Waals surface area contributed by atoms with E-state index >= 15 is 0 Å². The first-order valence-electron chi connectivity index (χ1n) is 10.5. The first kappa shape index (κ1) is 21.1. The normalized spacial score (nSPS) is 14.4. The van der Waals surface area contributed by atoms with Crippen LogP contribution in [0.5, 0.6) is 0 Å². The number of nitrogens with one attached hydrogen (secondary N) is 1. The number of carbonyl (C=O) groups is 2. The number of benzene rings is 2. The Morgan fingerprint density at radius 1 is 0.966 bits per heavy atom. The predicted octanol–water partition coefficient (Wildman–Crippen LogP) is 4.21. The lowest BCUT2D eigenvalue weighted by Crippen LogP contribution is -2.27. The van der Waals surface area contributed by atoms with Crippen LogP contribution >= 0.6 is 0 Å². The molecule has 0 saturated heterocycles. The van der Waals surface area contributed by atoms with Crippen molar-refractivity contribution in [2.45, 2.75) is 58.7 Å². The molecule has 0 heterocycles. The molecule has 0 bridgehead atoms. The molecule has 1 fully saturated rings. The van der Waals surface area contributed by atoms with Crippen LogP contribution in [0.1, 0.15) is 55.7 Å². The molecule has 1 saturated carbocycles. The van der Waals surface area contributed by atoms with Crippen molar-refractivity contribution in [1.82, 2.24) is 4.90 Å². The van der Waals surface area contributed by atoms with E-state index in [1.807, 2.05) is 53.4 Å². The lowest BCUT2D eigenvalue weighted by atomic mass is 9.88. The molecule has 0 spiro atoms. The molecule has 0 atom stereocenters. The molecule has 0 aromatic heterocycles. The Labute approximate surface area is 173 Å². The molecule has 2 amide bonds. The van der Waals surface area contributed by atoms with Gasteiger partial charge in [0.2, 0.25) is 11.8 Å². The zero-order valence-corrected chi connectivity index (χ0v) is 17.2. The summed E-state index contributed by atoms with van der Waals surface area (Å²) in [4.78, 5) is 26.4. The van der Waals surface area contributed by atoms with E-state index in [1.54, 1.807) is 6.92 Å². The van der Waals surface area contributed by atoms with Gasteiger partial charge in [0.25, 0.3) is 0 Å². The molecule has 1 aliphatic rings. The van der Waals surface area contributed by atoms with E-state index in [4.69, 9.17) is 5.73 Å². The van der Waals surface area contributed by atoms with Crippen LogP contribution in [0.2, 0.25) is 0 Å². The van der Waals surface area contributed by atoms with Crippen LogP contribution in [0.3, 0.4) is 0 Å². The number of anilines is 1. The quantitative estimate of drug-likeness (QED) is 0.740. The number of nitrogens with two attached hydrogens (primary N) is 1. The van der Waals surface area contributed by atoms with Gasteiger partial charge in [-0.1, -0.05) is 55.7 Å². The van der Waals surface area contributed by atoms with Crippen LogP contribution in [0, 0.1) is 5.92 Å². The second-order valence-corrected chi connectivity index (χ2v) is 7.92. The summed E-state index contributed by atoms with van der Waals surface area (Å²) in [5, 5.41) is 3.04. The molecule has 2 aromatic rings. The number of hydrogen-bond acceptors (Lipinski definition) is 3. The number of amides is 2. The van der Waals surface area contributed by atoms with Crippen LogP contribution in [0.4, 0.5) is 5.69 Å². The summed E-state index contributed by atoms with van der Waals surface area (Å²) in [5.41, 5.74) is 9.69. The van der Waals surface area contributed by atoms with Crippen LogP contribution in [-0.2, 0) is 29.2 Å². The van der Waals surface area contributed by atoms with E-state index in [2.05, 4.69) is 5.32 Å². The molecular weight excluding hydrogens is 362 g/mol. The zero-order valence-electron chi connectivity index (χ0n) is 17.2. The van der Waals surface area contributed by atoms with Crippen molar-refractivity contribution >= 4 is 17.5 Å². The Balaban J connectivity index is 1.60. The molecule has 0 aliphatic heterocycles. The van der Waals surface area contributed by atoms with Gasteiger partial charge in [0.05, 0.1) is 0 Å². The van der Waals surface area contributed by atoms with Gasteiger partial charge < -0.3 is 16.0 Å². The van der Waals surface area contributed by atoms with Gasteiger partial charge in [-0.05, 0) is 41.7 Å². The number of rotatable bonds is 7. The zero-order chi connectivity index (χ0) is 20.6. The van der Waals surface area contributed by atoms with Crippen molar-refractivity contribution < 1.29 is 9.59 Å². The highest BCUT2D eigenvalue weighted by atomic mass is 16.2. The van der Waals surface area contributed by atoms with Gasteiger partial charge in [0.1, 0.15) is 0 Å². The molecule has 3 rings (SSSR count). The highest BCUT2D eigenvalue weighted by Gasteiger charge is 2.21. The van der Waals surface area contributed by atoms with E-state index in [9.17, 15) is 9.59 Å². The van der Waals surface area contributed by atoms with E-state index < -0.39 is 0 Å². The van der Waals surface area contributed by atoms with Crippen molar-refractivity contribution in [2.24, 2.45) is 11.7 Å². The van der Waals surface area contributed by atoms with Gasteiger partial charge in [-0.15, -0.1) is 0 Å². The first-order valence-corrected chi connectivity index (χ1v) is 10.5. The fourth-order valence-electron chi connectivity index (χ4n) is 3.88. The summed E-state index contributed by atoms with van der Waals surface area (Å²) in [7, 11) is 0. The van der Waals surface area contributed by atoms with E-state index in [1.165, 1.54) is 6.42 Å². The minimum Gasteiger partial charge on any atom is -0.334 e. The average molecular weight is 394 g/mol. The Hall–Kier alpha value is -2.66. The van der Waals surface area contributed by atoms with Crippen LogP contribution < -0.4 is 11.1 Å². The summed E-state index contributed by atoms with van der Waals surface area (Å²) in [6, 6.07) is 15.8. The van der Waals surface area contributed by atoms with Gasteiger partial charge in [0, 0.05) is 38.2 Å². The molecule has 5 nitrogen and oxygen atoms in total. The Morgan fingerprint density at radius 3 is 2.28 bits per heavy atom. The Bertz CT molecular complexity index is 826. The fourth-order valence-corrected chi connectivity index (χ4v) is 3.88. The largest absolute Gasteiger partial charge is 0.334 e. The molecule has 0 radical (unpaired) electrons. The van der Waals surface area contributed by atoms with Gasteiger partial charge in [0.15, 0.2) is 0 Å². The summed E-state index contributed by atoms with van der Waals surface area (Å²) < 4.78 is 0. The minimum atomic E-state index is 0.0258.